The van der Waals surface area contributed by atoms with E-state index in [-0.39, 0.29) is 10.9 Å². The van der Waals surface area contributed by atoms with Gasteiger partial charge in [-0.25, -0.2) is 13.1 Å². The van der Waals surface area contributed by atoms with E-state index < -0.39 is 20.6 Å². The summed E-state index contributed by atoms with van der Waals surface area (Å²) in [5, 5.41) is 11.0. The van der Waals surface area contributed by atoms with Gasteiger partial charge in [0.25, 0.3) is 5.69 Å². The molecule has 0 aromatic heterocycles. The molecule has 1 aromatic rings. The van der Waals surface area contributed by atoms with Gasteiger partial charge < -0.3 is 0 Å². The number of nitro benzene ring substituents is 1. The standard InChI is InChI=1S/C13H19BrN2O4S/c1-4-9(2)7-10(3)15-21(19,20)13-8-11(14)5-6-12(13)16(17)18/h5-6,8-10,15H,4,7H2,1-3H3. The quantitative estimate of drug-likeness (QED) is 0.580. The van der Waals surface area contributed by atoms with E-state index in [9.17, 15) is 18.5 Å². The topological polar surface area (TPSA) is 89.3 Å². The van der Waals surface area contributed by atoms with Crippen LogP contribution < -0.4 is 4.72 Å². The Morgan fingerprint density at radius 2 is 2.00 bits per heavy atom. The molecular formula is C13H19BrN2O4S. The Bertz CT molecular complexity index is 619. The summed E-state index contributed by atoms with van der Waals surface area (Å²) in [5.41, 5.74) is -0.429. The second-order valence-corrected chi connectivity index (χ2v) is 7.74. The monoisotopic (exact) mass is 378 g/mol. The predicted octanol–water partition coefficient (Wildman–Crippen LogP) is 3.46. The summed E-state index contributed by atoms with van der Waals surface area (Å²) in [6.45, 7) is 5.82. The van der Waals surface area contributed by atoms with Gasteiger partial charge in [-0.1, -0.05) is 36.2 Å². The molecule has 0 aliphatic rings. The Hall–Kier alpha value is -0.990. The number of benzene rings is 1. The molecule has 1 rings (SSSR count). The Labute approximate surface area is 133 Å². The lowest BCUT2D eigenvalue weighted by atomic mass is 10.0. The van der Waals surface area contributed by atoms with Crippen LogP contribution in [-0.4, -0.2) is 19.4 Å². The highest BCUT2D eigenvalue weighted by Crippen LogP contribution is 2.27. The number of hydrogen-bond acceptors (Lipinski definition) is 4. The van der Waals surface area contributed by atoms with Crippen LogP contribution in [0.15, 0.2) is 27.6 Å². The Morgan fingerprint density at radius 3 is 2.52 bits per heavy atom. The lowest BCUT2D eigenvalue weighted by Crippen LogP contribution is -2.34. The molecule has 21 heavy (non-hydrogen) atoms. The van der Waals surface area contributed by atoms with Crippen molar-refractivity contribution in [2.75, 3.05) is 0 Å². The van der Waals surface area contributed by atoms with Crippen LogP contribution in [0.4, 0.5) is 5.69 Å². The molecule has 0 aliphatic carbocycles. The van der Waals surface area contributed by atoms with Crippen molar-refractivity contribution in [2.45, 2.75) is 44.6 Å². The molecule has 0 saturated heterocycles. The maximum Gasteiger partial charge on any atom is 0.289 e. The minimum Gasteiger partial charge on any atom is -0.258 e. The van der Waals surface area contributed by atoms with Crippen molar-refractivity contribution >= 4 is 31.6 Å². The largest absolute Gasteiger partial charge is 0.289 e. The fourth-order valence-electron chi connectivity index (χ4n) is 2.00. The first-order valence-electron chi connectivity index (χ1n) is 6.63. The molecule has 2 atom stereocenters. The van der Waals surface area contributed by atoms with Gasteiger partial charge in [-0.3, -0.25) is 10.1 Å². The van der Waals surface area contributed by atoms with Gasteiger partial charge in [0.2, 0.25) is 10.0 Å². The zero-order chi connectivity index (χ0) is 16.2. The SMILES string of the molecule is CCC(C)CC(C)NS(=O)(=O)c1cc(Br)ccc1[N+](=O)[O-]. The van der Waals surface area contributed by atoms with Crippen molar-refractivity contribution in [1.29, 1.82) is 0 Å². The van der Waals surface area contributed by atoms with Crippen LogP contribution in [-0.2, 0) is 10.0 Å². The molecule has 118 valence electrons. The van der Waals surface area contributed by atoms with Crippen molar-refractivity contribution in [1.82, 2.24) is 4.72 Å². The molecule has 2 unspecified atom stereocenters. The van der Waals surface area contributed by atoms with Gasteiger partial charge in [0, 0.05) is 16.6 Å². The van der Waals surface area contributed by atoms with E-state index in [0.29, 0.717) is 16.8 Å². The molecule has 0 radical (unpaired) electrons. The van der Waals surface area contributed by atoms with Gasteiger partial charge >= 0.3 is 0 Å². The predicted molar refractivity (Wildman–Crippen MR) is 84.7 cm³/mol. The third-order valence-corrected chi connectivity index (χ3v) is 5.33. The Morgan fingerprint density at radius 1 is 1.38 bits per heavy atom. The van der Waals surface area contributed by atoms with Gasteiger partial charge in [0.05, 0.1) is 4.92 Å². The fourth-order valence-corrected chi connectivity index (χ4v) is 3.97. The summed E-state index contributed by atoms with van der Waals surface area (Å²) in [6, 6.07) is 3.58. The van der Waals surface area contributed by atoms with Gasteiger partial charge in [-0.2, -0.15) is 0 Å². The van der Waals surface area contributed by atoms with Crippen molar-refractivity contribution in [3.05, 3.63) is 32.8 Å². The summed E-state index contributed by atoms with van der Waals surface area (Å²) in [4.78, 5) is 9.97. The summed E-state index contributed by atoms with van der Waals surface area (Å²) in [5.74, 6) is 0.375. The van der Waals surface area contributed by atoms with Crippen LogP contribution in [0.25, 0.3) is 0 Å². The van der Waals surface area contributed by atoms with E-state index in [0.717, 1.165) is 6.42 Å². The lowest BCUT2D eigenvalue weighted by Gasteiger charge is -2.17. The normalized spacial score (nSPS) is 14.7. The molecule has 6 nitrogen and oxygen atoms in total. The van der Waals surface area contributed by atoms with Gasteiger partial charge in [0.15, 0.2) is 4.90 Å². The maximum absolute atomic E-state index is 12.4. The highest BCUT2D eigenvalue weighted by Gasteiger charge is 2.27. The number of nitro groups is 1. The first kappa shape index (κ1) is 18.1. The van der Waals surface area contributed by atoms with E-state index >= 15 is 0 Å². The smallest absolute Gasteiger partial charge is 0.258 e. The highest BCUT2D eigenvalue weighted by atomic mass is 79.9. The van der Waals surface area contributed by atoms with Crippen LogP contribution in [0.5, 0.6) is 0 Å². The minimum atomic E-state index is -3.93. The summed E-state index contributed by atoms with van der Waals surface area (Å²) in [6.07, 6.45) is 1.63. The Kier molecular flexibility index (Phi) is 6.30. The van der Waals surface area contributed by atoms with Crippen LogP contribution in [0, 0.1) is 16.0 Å². The second-order valence-electron chi connectivity index (χ2n) is 5.14. The highest BCUT2D eigenvalue weighted by molar-refractivity contribution is 9.10. The van der Waals surface area contributed by atoms with Crippen LogP contribution in [0.3, 0.4) is 0 Å². The second kappa shape index (κ2) is 7.33. The third-order valence-electron chi connectivity index (χ3n) is 3.22. The molecular weight excluding hydrogens is 360 g/mol. The van der Waals surface area contributed by atoms with E-state index in [1.54, 1.807) is 6.92 Å². The van der Waals surface area contributed by atoms with E-state index in [2.05, 4.69) is 20.7 Å². The van der Waals surface area contributed by atoms with Crippen LogP contribution in [0.1, 0.15) is 33.6 Å². The number of nitrogens with one attached hydrogen (secondary N) is 1. The van der Waals surface area contributed by atoms with Crippen LogP contribution >= 0.6 is 15.9 Å². The van der Waals surface area contributed by atoms with Crippen molar-refractivity contribution in [3.63, 3.8) is 0 Å². The number of hydrogen-bond donors (Lipinski definition) is 1. The summed E-state index contributed by atoms with van der Waals surface area (Å²) in [7, 11) is -3.93. The number of sulfonamides is 1. The zero-order valence-electron chi connectivity index (χ0n) is 12.2. The van der Waals surface area contributed by atoms with Gasteiger partial charge in [-0.05, 0) is 31.4 Å². The number of halogens is 1. The molecule has 1 N–H and O–H groups in total. The van der Waals surface area contributed by atoms with E-state index in [4.69, 9.17) is 0 Å². The van der Waals surface area contributed by atoms with Crippen LogP contribution in [0.2, 0.25) is 0 Å². The van der Waals surface area contributed by atoms with Gasteiger partial charge in [0.1, 0.15) is 0 Å². The zero-order valence-corrected chi connectivity index (χ0v) is 14.6. The Balaban J connectivity index is 3.08. The van der Waals surface area contributed by atoms with Crippen molar-refractivity contribution in [3.8, 4) is 0 Å². The van der Waals surface area contributed by atoms with Crippen molar-refractivity contribution in [2.24, 2.45) is 5.92 Å². The molecule has 0 aliphatic heterocycles. The molecule has 0 bridgehead atoms. The third kappa shape index (κ3) is 5.05. The molecule has 0 amide bonds. The average molecular weight is 379 g/mol. The molecule has 8 heteroatoms. The minimum absolute atomic E-state index is 0.288. The molecule has 0 spiro atoms. The summed E-state index contributed by atoms with van der Waals surface area (Å²) >= 11 is 3.14. The maximum atomic E-state index is 12.4. The first-order valence-corrected chi connectivity index (χ1v) is 8.91. The fraction of sp³-hybridized carbons (Fsp3) is 0.538. The molecule has 0 fully saturated rings. The van der Waals surface area contributed by atoms with Crippen molar-refractivity contribution < 1.29 is 13.3 Å². The van der Waals surface area contributed by atoms with E-state index in [1.807, 2.05) is 13.8 Å². The number of nitrogens with zero attached hydrogens (tertiary/aromatic N) is 1. The van der Waals surface area contributed by atoms with Gasteiger partial charge in [-0.15, -0.1) is 0 Å². The lowest BCUT2D eigenvalue weighted by molar-refractivity contribution is -0.387. The molecule has 1 aromatic carbocycles. The average Bonchev–Trinajstić information content (AvgIpc) is 2.37. The molecule has 0 saturated carbocycles. The molecule has 0 heterocycles. The van der Waals surface area contributed by atoms with E-state index in [1.165, 1.54) is 18.2 Å². The summed E-state index contributed by atoms with van der Waals surface area (Å²) < 4.78 is 27.7. The first-order chi connectivity index (χ1) is 9.67. The number of rotatable bonds is 7.